The lowest BCUT2D eigenvalue weighted by molar-refractivity contribution is 0.454. The molecular formula is C39H38Cl2N6O2S. The lowest BCUT2D eigenvalue weighted by Gasteiger charge is -2.22. The summed E-state index contributed by atoms with van der Waals surface area (Å²) in [6.07, 6.45) is 6.05. The van der Waals surface area contributed by atoms with Crippen LogP contribution in [0.2, 0.25) is 10.0 Å². The molecule has 50 heavy (non-hydrogen) atoms. The number of hydrogen-bond donors (Lipinski definition) is 2. The van der Waals surface area contributed by atoms with Crippen LogP contribution in [0.4, 0.5) is 5.69 Å². The minimum atomic E-state index is -4.08. The molecule has 0 saturated heterocycles. The highest BCUT2D eigenvalue weighted by Gasteiger charge is 2.32. The number of unbranched alkanes of at least 4 members (excludes halogenated alkanes) is 1. The van der Waals surface area contributed by atoms with Crippen molar-refractivity contribution >= 4 is 61.5 Å². The monoisotopic (exact) mass is 724 g/mol. The maximum absolute atomic E-state index is 13.6. The predicted octanol–water partition coefficient (Wildman–Crippen LogP) is 8.45. The van der Waals surface area contributed by atoms with E-state index in [1.807, 2.05) is 48.5 Å². The summed E-state index contributed by atoms with van der Waals surface area (Å²) in [4.78, 5) is 5.01. The molecule has 1 aliphatic carbocycles. The standard InChI is InChI=1S/C39H38Cl2N6O2S/c40-29-18-16-28(17-19-29)37-34(27-10-2-1-3-11-27)26-47(45-37)39(46-50(48,49)31-22-20-30(41)21-23-31)43-25-9-8-24-42-38-32-12-4-6-14-35(32)44-36-15-7-5-13-33(36)38/h1-4,6,10-12,14,16-23,34H,5,7-9,13,15,24-26H2,(H,42,44)(H,43,46)/t34-/m1/s1. The molecule has 0 unspecified atom stereocenters. The predicted molar refractivity (Wildman–Crippen MR) is 204 cm³/mol. The summed E-state index contributed by atoms with van der Waals surface area (Å²) in [5, 5.41) is 15.9. The van der Waals surface area contributed by atoms with Gasteiger partial charge in [0.2, 0.25) is 5.96 Å². The molecular weight excluding hydrogens is 687 g/mol. The molecule has 11 heteroatoms. The van der Waals surface area contributed by atoms with E-state index >= 15 is 0 Å². The van der Waals surface area contributed by atoms with Gasteiger partial charge in [0.25, 0.3) is 10.0 Å². The number of aryl methyl sites for hydroxylation is 1. The minimum absolute atomic E-state index is 0.0546. The molecule has 0 fully saturated rings. The second-order valence-corrected chi connectivity index (χ2v) is 15.1. The molecule has 256 valence electrons. The van der Waals surface area contributed by atoms with Crippen LogP contribution in [-0.4, -0.2) is 49.7 Å². The van der Waals surface area contributed by atoms with Gasteiger partial charge in [0.15, 0.2) is 0 Å². The second-order valence-electron chi connectivity index (χ2n) is 12.6. The largest absolute Gasteiger partial charge is 0.384 e. The molecule has 2 N–H and O–H groups in total. The van der Waals surface area contributed by atoms with Crippen LogP contribution in [0.25, 0.3) is 10.9 Å². The van der Waals surface area contributed by atoms with Crippen molar-refractivity contribution in [2.24, 2.45) is 9.50 Å². The van der Waals surface area contributed by atoms with Crippen molar-refractivity contribution in [1.29, 1.82) is 0 Å². The normalized spacial score (nSPS) is 16.3. The van der Waals surface area contributed by atoms with Crippen molar-refractivity contribution in [1.82, 2.24) is 15.3 Å². The van der Waals surface area contributed by atoms with Crippen LogP contribution in [0, 0.1) is 0 Å². The van der Waals surface area contributed by atoms with Crippen LogP contribution in [0.5, 0.6) is 0 Å². The van der Waals surface area contributed by atoms with Gasteiger partial charge in [-0.25, -0.2) is 5.01 Å². The molecule has 1 aliphatic heterocycles. The Morgan fingerprint density at radius 3 is 2.28 bits per heavy atom. The van der Waals surface area contributed by atoms with Crippen LogP contribution in [0.1, 0.15) is 54.0 Å². The molecule has 0 amide bonds. The highest BCUT2D eigenvalue weighted by Crippen LogP contribution is 2.34. The molecule has 0 saturated carbocycles. The summed E-state index contributed by atoms with van der Waals surface area (Å²) in [7, 11) is -4.08. The topological polar surface area (TPSA) is 99.0 Å². The number of hydrogen-bond acceptors (Lipinski definition) is 5. The number of rotatable bonds is 10. The Hall–Kier alpha value is -4.44. The van der Waals surface area contributed by atoms with Crippen LogP contribution >= 0.6 is 23.2 Å². The highest BCUT2D eigenvalue weighted by atomic mass is 35.5. The number of para-hydroxylation sites is 1. The SMILES string of the molecule is O=S(=O)(/N=C(/NCCCCNc1c2c(nc3ccccc13)CCCC2)N1C[C@H](c2ccccc2)C(c2ccc(Cl)cc2)=N1)c1ccc(Cl)cc1. The molecule has 0 spiro atoms. The first-order valence-corrected chi connectivity index (χ1v) is 19.2. The van der Waals surface area contributed by atoms with Crippen molar-refractivity contribution in [2.75, 3.05) is 25.0 Å². The zero-order valence-electron chi connectivity index (χ0n) is 27.5. The number of nitrogens with one attached hydrogen (secondary N) is 2. The van der Waals surface area contributed by atoms with Gasteiger partial charge in [0.1, 0.15) is 0 Å². The number of pyridine rings is 1. The number of benzene rings is 4. The van der Waals surface area contributed by atoms with Crippen LogP contribution in [0.3, 0.4) is 0 Å². The zero-order valence-corrected chi connectivity index (χ0v) is 29.9. The maximum Gasteiger partial charge on any atom is 0.285 e. The summed E-state index contributed by atoms with van der Waals surface area (Å²) >= 11 is 12.3. The maximum atomic E-state index is 13.6. The lowest BCUT2D eigenvalue weighted by Crippen LogP contribution is -2.39. The molecule has 5 aromatic rings. The van der Waals surface area contributed by atoms with E-state index in [4.69, 9.17) is 33.3 Å². The molecule has 0 radical (unpaired) electrons. The third kappa shape index (κ3) is 7.65. The van der Waals surface area contributed by atoms with Crippen molar-refractivity contribution in [3.8, 4) is 0 Å². The summed E-state index contributed by atoms with van der Waals surface area (Å²) < 4.78 is 31.5. The first-order valence-electron chi connectivity index (χ1n) is 17.0. The lowest BCUT2D eigenvalue weighted by atomic mass is 9.91. The van der Waals surface area contributed by atoms with Gasteiger partial charge in [-0.1, -0.05) is 83.9 Å². The number of hydrazone groups is 1. The quantitative estimate of drug-likeness (QED) is 0.0852. The summed E-state index contributed by atoms with van der Waals surface area (Å²) in [5.41, 5.74) is 7.55. The Balaban J connectivity index is 1.11. The molecule has 4 aromatic carbocycles. The number of nitrogens with zero attached hydrogens (tertiary/aromatic N) is 4. The zero-order chi connectivity index (χ0) is 34.5. The van der Waals surface area contributed by atoms with Crippen molar-refractivity contribution in [3.63, 3.8) is 0 Å². The Bertz CT molecular complexity index is 2140. The fraction of sp³-hybridized carbons (Fsp3) is 0.256. The van der Waals surface area contributed by atoms with Crippen LogP contribution < -0.4 is 10.6 Å². The average Bonchev–Trinajstić information content (AvgIpc) is 3.58. The van der Waals surface area contributed by atoms with E-state index in [1.165, 1.54) is 41.9 Å². The van der Waals surface area contributed by atoms with Crippen molar-refractivity contribution in [3.05, 3.63) is 136 Å². The van der Waals surface area contributed by atoms with E-state index in [1.54, 1.807) is 17.1 Å². The highest BCUT2D eigenvalue weighted by molar-refractivity contribution is 7.90. The Morgan fingerprint density at radius 1 is 0.820 bits per heavy atom. The average molecular weight is 726 g/mol. The van der Waals surface area contributed by atoms with E-state index in [0.717, 1.165) is 60.0 Å². The van der Waals surface area contributed by atoms with Crippen LogP contribution in [-0.2, 0) is 22.9 Å². The summed E-state index contributed by atoms with van der Waals surface area (Å²) in [5.74, 6) is 0.0555. The van der Waals surface area contributed by atoms with E-state index in [2.05, 4.69) is 45.4 Å². The van der Waals surface area contributed by atoms with Gasteiger partial charge in [0, 0.05) is 45.8 Å². The first kappa shape index (κ1) is 34.0. The van der Waals surface area contributed by atoms with Crippen molar-refractivity contribution in [2.45, 2.75) is 49.3 Å². The number of fused-ring (bicyclic) bond motifs is 2. The molecule has 1 atom stereocenters. The number of aromatic nitrogens is 1. The molecule has 2 heterocycles. The number of halogens is 2. The Morgan fingerprint density at radius 2 is 1.50 bits per heavy atom. The summed E-state index contributed by atoms with van der Waals surface area (Å²) in [6.45, 7) is 1.69. The van der Waals surface area contributed by atoms with Gasteiger partial charge < -0.3 is 10.6 Å². The number of anilines is 1. The van der Waals surface area contributed by atoms with Crippen LogP contribution in [0.15, 0.2) is 118 Å². The fourth-order valence-electron chi connectivity index (χ4n) is 6.64. The number of sulfonamides is 1. The van der Waals surface area contributed by atoms with Crippen molar-refractivity contribution < 1.29 is 8.42 Å². The van der Waals surface area contributed by atoms with Gasteiger partial charge in [-0.15, -0.1) is 4.40 Å². The first-order chi connectivity index (χ1) is 24.4. The minimum Gasteiger partial charge on any atom is -0.384 e. The van der Waals surface area contributed by atoms with Gasteiger partial charge in [-0.3, -0.25) is 4.98 Å². The molecule has 1 aromatic heterocycles. The van der Waals surface area contributed by atoms with Gasteiger partial charge in [-0.2, -0.15) is 13.5 Å². The molecule has 0 bridgehead atoms. The molecule has 8 nitrogen and oxygen atoms in total. The Kier molecular flexibility index (Phi) is 10.4. The number of guanidine groups is 1. The summed E-state index contributed by atoms with van der Waals surface area (Å²) in [6, 6.07) is 32.0. The van der Waals surface area contributed by atoms with E-state index < -0.39 is 10.0 Å². The molecule has 2 aliphatic rings. The van der Waals surface area contributed by atoms with Gasteiger partial charge in [0.05, 0.1) is 22.7 Å². The molecule has 7 rings (SSSR count). The third-order valence-electron chi connectivity index (χ3n) is 9.18. The second kappa shape index (κ2) is 15.2. The van der Waals surface area contributed by atoms with E-state index in [-0.39, 0.29) is 16.8 Å². The van der Waals surface area contributed by atoms with Gasteiger partial charge in [-0.05, 0) is 97.7 Å². The van der Waals surface area contributed by atoms with E-state index in [9.17, 15) is 8.42 Å². The Labute approximate surface area is 303 Å². The smallest absolute Gasteiger partial charge is 0.285 e. The van der Waals surface area contributed by atoms with E-state index in [0.29, 0.717) is 23.1 Å². The third-order valence-corrected chi connectivity index (χ3v) is 11.0. The fourth-order valence-corrected chi connectivity index (χ4v) is 7.87. The van der Waals surface area contributed by atoms with Gasteiger partial charge >= 0.3 is 0 Å².